The van der Waals surface area contributed by atoms with Crippen LogP contribution in [0.5, 0.6) is 0 Å². The summed E-state index contributed by atoms with van der Waals surface area (Å²) in [6.45, 7) is 1.51. The van der Waals surface area contributed by atoms with Gasteiger partial charge in [-0.3, -0.25) is 4.79 Å². The van der Waals surface area contributed by atoms with Gasteiger partial charge in [0.25, 0.3) is 0 Å². The van der Waals surface area contributed by atoms with Crippen molar-refractivity contribution in [1.29, 1.82) is 0 Å². The van der Waals surface area contributed by atoms with E-state index in [9.17, 15) is 9.18 Å². The van der Waals surface area contributed by atoms with Crippen LogP contribution in [0.1, 0.15) is 37.7 Å². The van der Waals surface area contributed by atoms with Crippen LogP contribution in [0, 0.1) is 11.7 Å². The average molecular weight is 354 g/mol. The maximum Gasteiger partial charge on any atom is 0.225 e. The van der Waals surface area contributed by atoms with E-state index in [0.717, 1.165) is 44.2 Å². The molecule has 1 atom stereocenters. The van der Waals surface area contributed by atoms with Gasteiger partial charge in [-0.15, -0.1) is 0 Å². The topological polar surface area (TPSA) is 58.1 Å². The summed E-state index contributed by atoms with van der Waals surface area (Å²) in [5, 5.41) is 3.28. The molecule has 0 unspecified atom stereocenters. The minimum atomic E-state index is -0.337. The van der Waals surface area contributed by atoms with Crippen molar-refractivity contribution in [2.45, 2.75) is 37.6 Å². The van der Waals surface area contributed by atoms with Gasteiger partial charge in [0.2, 0.25) is 11.9 Å². The summed E-state index contributed by atoms with van der Waals surface area (Å²) in [5.74, 6) is 0.433. The Morgan fingerprint density at radius 1 is 1.15 bits per heavy atom. The molecular weight excluding hydrogens is 331 g/mol. The Kier molecular flexibility index (Phi) is 4.57. The lowest BCUT2D eigenvalue weighted by atomic mass is 9.71. The predicted molar refractivity (Wildman–Crippen MR) is 97.0 cm³/mol. The van der Waals surface area contributed by atoms with Crippen molar-refractivity contribution in [2.24, 2.45) is 5.92 Å². The van der Waals surface area contributed by atoms with Gasteiger partial charge in [-0.05, 0) is 55.9 Å². The maximum absolute atomic E-state index is 13.2. The second-order valence-corrected chi connectivity index (χ2v) is 7.27. The first-order valence-electron chi connectivity index (χ1n) is 9.26. The fraction of sp³-hybridized carbons (Fsp3) is 0.450. The molecule has 2 fully saturated rings. The molecule has 1 aromatic carbocycles. The number of hydrogen-bond acceptors (Lipinski definition) is 4. The largest absolute Gasteiger partial charge is 0.346 e. The van der Waals surface area contributed by atoms with Crippen LogP contribution in [0.25, 0.3) is 0 Å². The third-order valence-electron chi connectivity index (χ3n) is 5.59. The van der Waals surface area contributed by atoms with Crippen LogP contribution in [0.4, 0.5) is 10.3 Å². The SMILES string of the molecule is O=C(NC1(c2ccc(F)cc2)CCC1)[C@H]1CCCN(c2ncccn2)C1. The maximum atomic E-state index is 13.2. The third-order valence-corrected chi connectivity index (χ3v) is 5.59. The number of benzene rings is 1. The number of piperidine rings is 1. The molecule has 136 valence electrons. The Labute approximate surface area is 152 Å². The number of carbonyl (C=O) groups is 1. The van der Waals surface area contributed by atoms with Crippen molar-refractivity contribution in [1.82, 2.24) is 15.3 Å². The summed E-state index contributed by atoms with van der Waals surface area (Å²) >= 11 is 0. The summed E-state index contributed by atoms with van der Waals surface area (Å²) in [5.41, 5.74) is 0.661. The second kappa shape index (κ2) is 7.02. The van der Waals surface area contributed by atoms with Crippen LogP contribution in [0.15, 0.2) is 42.7 Å². The van der Waals surface area contributed by atoms with Crippen LogP contribution >= 0.6 is 0 Å². The predicted octanol–water partition coefficient (Wildman–Crippen LogP) is 3.03. The molecule has 26 heavy (non-hydrogen) atoms. The van der Waals surface area contributed by atoms with E-state index in [1.807, 2.05) is 0 Å². The molecule has 4 rings (SSSR count). The van der Waals surface area contributed by atoms with E-state index in [2.05, 4.69) is 20.2 Å². The molecule has 2 aromatic rings. The van der Waals surface area contributed by atoms with Crippen molar-refractivity contribution in [3.05, 3.63) is 54.1 Å². The Balaban J connectivity index is 1.46. The number of carbonyl (C=O) groups excluding carboxylic acids is 1. The van der Waals surface area contributed by atoms with Crippen LogP contribution in [-0.4, -0.2) is 29.0 Å². The first-order valence-corrected chi connectivity index (χ1v) is 9.26. The molecule has 1 N–H and O–H groups in total. The molecule has 2 aliphatic rings. The van der Waals surface area contributed by atoms with Crippen LogP contribution in [-0.2, 0) is 10.3 Å². The van der Waals surface area contributed by atoms with E-state index in [4.69, 9.17) is 0 Å². The van der Waals surface area contributed by atoms with Gasteiger partial charge < -0.3 is 10.2 Å². The highest BCUT2D eigenvalue weighted by molar-refractivity contribution is 5.80. The van der Waals surface area contributed by atoms with Gasteiger partial charge in [0.15, 0.2) is 0 Å². The first kappa shape index (κ1) is 16.9. The van der Waals surface area contributed by atoms with Crippen molar-refractivity contribution in [3.63, 3.8) is 0 Å². The highest BCUT2D eigenvalue weighted by Crippen LogP contribution is 2.41. The van der Waals surface area contributed by atoms with Gasteiger partial charge >= 0.3 is 0 Å². The summed E-state index contributed by atoms with van der Waals surface area (Å²) in [4.78, 5) is 23.7. The smallest absolute Gasteiger partial charge is 0.225 e. The zero-order valence-electron chi connectivity index (χ0n) is 14.7. The first-order chi connectivity index (χ1) is 12.7. The van der Waals surface area contributed by atoms with E-state index in [1.165, 1.54) is 12.1 Å². The lowest BCUT2D eigenvalue weighted by Crippen LogP contribution is -2.54. The van der Waals surface area contributed by atoms with Crippen LogP contribution in [0.3, 0.4) is 0 Å². The summed E-state index contributed by atoms with van der Waals surface area (Å²) in [7, 11) is 0. The van der Waals surface area contributed by atoms with E-state index >= 15 is 0 Å². The molecule has 1 aliphatic heterocycles. The Morgan fingerprint density at radius 3 is 2.54 bits per heavy atom. The Hall–Kier alpha value is -2.50. The summed E-state index contributed by atoms with van der Waals surface area (Å²) < 4.78 is 13.2. The number of anilines is 1. The van der Waals surface area contributed by atoms with E-state index in [0.29, 0.717) is 12.5 Å². The van der Waals surface area contributed by atoms with E-state index < -0.39 is 0 Å². The summed E-state index contributed by atoms with van der Waals surface area (Å²) in [6, 6.07) is 8.31. The molecule has 1 amide bonds. The Bertz CT molecular complexity index is 761. The zero-order valence-corrected chi connectivity index (χ0v) is 14.7. The van der Waals surface area contributed by atoms with Gasteiger partial charge in [-0.1, -0.05) is 12.1 Å². The third kappa shape index (κ3) is 3.28. The highest BCUT2D eigenvalue weighted by atomic mass is 19.1. The standard InChI is InChI=1S/C20H23FN4O/c21-17-7-5-16(6-8-17)20(9-2-10-20)24-18(26)15-4-1-13-25(14-15)19-22-11-3-12-23-19/h3,5-8,11-12,15H,1-2,4,9-10,13-14H2,(H,24,26)/t15-/m0/s1. The minimum absolute atomic E-state index is 0.0783. The number of amides is 1. The number of nitrogens with one attached hydrogen (secondary N) is 1. The lowest BCUT2D eigenvalue weighted by Gasteiger charge is -2.44. The van der Waals surface area contributed by atoms with Crippen molar-refractivity contribution in [2.75, 3.05) is 18.0 Å². The average Bonchev–Trinajstić information content (AvgIpc) is 2.66. The van der Waals surface area contributed by atoms with Crippen LogP contribution in [0.2, 0.25) is 0 Å². The summed E-state index contributed by atoms with van der Waals surface area (Å²) in [6.07, 6.45) is 8.15. The zero-order chi connectivity index (χ0) is 18.0. The van der Waals surface area contributed by atoms with Gasteiger partial charge in [-0.2, -0.15) is 0 Å². The molecule has 0 spiro atoms. The second-order valence-electron chi connectivity index (χ2n) is 7.27. The fourth-order valence-corrected chi connectivity index (χ4v) is 3.95. The quantitative estimate of drug-likeness (QED) is 0.917. The van der Waals surface area contributed by atoms with E-state index in [1.54, 1.807) is 30.6 Å². The van der Waals surface area contributed by atoms with Gasteiger partial charge in [-0.25, -0.2) is 14.4 Å². The van der Waals surface area contributed by atoms with E-state index in [-0.39, 0.29) is 23.2 Å². The molecule has 6 heteroatoms. The number of nitrogens with zero attached hydrogens (tertiary/aromatic N) is 3. The molecule has 0 bridgehead atoms. The molecule has 0 radical (unpaired) electrons. The van der Waals surface area contributed by atoms with Gasteiger partial charge in [0.05, 0.1) is 11.5 Å². The highest BCUT2D eigenvalue weighted by Gasteiger charge is 2.41. The molecule has 1 aromatic heterocycles. The number of rotatable bonds is 4. The van der Waals surface area contributed by atoms with Gasteiger partial charge in [0.1, 0.15) is 5.82 Å². The molecule has 1 aliphatic carbocycles. The van der Waals surface area contributed by atoms with Crippen molar-refractivity contribution in [3.8, 4) is 0 Å². The fourth-order valence-electron chi connectivity index (χ4n) is 3.95. The lowest BCUT2D eigenvalue weighted by molar-refractivity contribution is -0.128. The molecule has 2 heterocycles. The number of hydrogen-bond donors (Lipinski definition) is 1. The van der Waals surface area contributed by atoms with Gasteiger partial charge in [0, 0.05) is 25.5 Å². The van der Waals surface area contributed by atoms with Crippen molar-refractivity contribution >= 4 is 11.9 Å². The monoisotopic (exact) mass is 354 g/mol. The normalized spacial score (nSPS) is 21.7. The molecule has 1 saturated heterocycles. The van der Waals surface area contributed by atoms with Crippen LogP contribution < -0.4 is 10.2 Å². The van der Waals surface area contributed by atoms with Crippen molar-refractivity contribution < 1.29 is 9.18 Å². The minimum Gasteiger partial charge on any atom is -0.346 e. The molecule has 5 nitrogen and oxygen atoms in total. The molecular formula is C20H23FN4O. The number of aromatic nitrogens is 2. The molecule has 1 saturated carbocycles. The Morgan fingerprint density at radius 2 is 1.88 bits per heavy atom. The number of halogens is 1.